The van der Waals surface area contributed by atoms with Crippen LogP contribution in [0.5, 0.6) is 5.75 Å². The van der Waals surface area contributed by atoms with Crippen molar-refractivity contribution in [3.05, 3.63) is 36.4 Å². The molecule has 18 heavy (non-hydrogen) atoms. The van der Waals surface area contributed by atoms with Gasteiger partial charge in [0.05, 0.1) is 4.90 Å². The van der Waals surface area contributed by atoms with Crippen molar-refractivity contribution in [3.63, 3.8) is 0 Å². The number of fused-ring (bicyclic) bond motifs is 3. The van der Waals surface area contributed by atoms with E-state index in [0.717, 1.165) is 25.2 Å². The normalized spacial score (nSPS) is 26.2. The molecule has 92 valence electrons. The van der Waals surface area contributed by atoms with Crippen LogP contribution < -0.4 is 4.74 Å². The summed E-state index contributed by atoms with van der Waals surface area (Å²) in [6, 6.07) is 12.7. The van der Waals surface area contributed by atoms with E-state index in [1.165, 1.54) is 15.7 Å². The van der Waals surface area contributed by atoms with Crippen molar-refractivity contribution in [1.82, 2.24) is 0 Å². The molecule has 0 saturated carbocycles. The Morgan fingerprint density at radius 3 is 2.94 bits per heavy atom. The molecule has 0 bridgehead atoms. The van der Waals surface area contributed by atoms with Gasteiger partial charge in [0.1, 0.15) is 11.9 Å². The molecular weight excluding hydrogens is 244 g/mol. The lowest BCUT2D eigenvalue weighted by Gasteiger charge is -2.16. The van der Waals surface area contributed by atoms with Crippen molar-refractivity contribution in [3.8, 4) is 5.75 Å². The largest absolute Gasteiger partial charge is 0.475 e. The van der Waals surface area contributed by atoms with Gasteiger partial charge in [0.2, 0.25) is 0 Å². The molecule has 1 saturated heterocycles. The maximum Gasteiger partial charge on any atom is 0.175 e. The molecule has 2 aromatic carbocycles. The van der Waals surface area contributed by atoms with E-state index < -0.39 is 0 Å². The second-order valence-electron chi connectivity index (χ2n) is 4.77. The topological polar surface area (TPSA) is 18.5 Å². The van der Waals surface area contributed by atoms with Crippen molar-refractivity contribution < 1.29 is 9.47 Å². The minimum atomic E-state index is 0.133. The van der Waals surface area contributed by atoms with Gasteiger partial charge >= 0.3 is 0 Å². The van der Waals surface area contributed by atoms with Crippen molar-refractivity contribution in [2.45, 2.75) is 29.3 Å². The Morgan fingerprint density at radius 2 is 2.06 bits per heavy atom. The molecule has 2 atom stereocenters. The van der Waals surface area contributed by atoms with Crippen molar-refractivity contribution >= 4 is 22.5 Å². The van der Waals surface area contributed by atoms with Crippen molar-refractivity contribution in [2.24, 2.45) is 0 Å². The van der Waals surface area contributed by atoms with Crippen LogP contribution in [0.4, 0.5) is 0 Å². The zero-order chi connectivity index (χ0) is 11.9. The van der Waals surface area contributed by atoms with Gasteiger partial charge in [-0.25, -0.2) is 0 Å². The van der Waals surface area contributed by atoms with Gasteiger partial charge in [-0.3, -0.25) is 0 Å². The molecule has 0 spiro atoms. The Balaban J connectivity index is 1.74. The SMILES string of the molecule is c1ccc2c3c(ccc2c1)SC(C1CCCO1)O3. The lowest BCUT2D eigenvalue weighted by atomic mass is 10.1. The zero-order valence-corrected chi connectivity index (χ0v) is 10.8. The van der Waals surface area contributed by atoms with Crippen LogP contribution in [-0.2, 0) is 4.74 Å². The van der Waals surface area contributed by atoms with Crippen molar-refractivity contribution in [1.29, 1.82) is 0 Å². The third-order valence-electron chi connectivity index (χ3n) is 3.59. The van der Waals surface area contributed by atoms with E-state index in [2.05, 4.69) is 36.4 Å². The summed E-state index contributed by atoms with van der Waals surface area (Å²) in [5.41, 5.74) is 0.133. The first-order valence-corrected chi connectivity index (χ1v) is 7.26. The van der Waals surface area contributed by atoms with Crippen molar-refractivity contribution in [2.75, 3.05) is 6.61 Å². The minimum absolute atomic E-state index is 0.133. The first-order valence-electron chi connectivity index (χ1n) is 6.38. The number of hydrogen-bond acceptors (Lipinski definition) is 3. The molecule has 0 radical (unpaired) electrons. The van der Waals surface area contributed by atoms with Crippen LogP contribution in [0.25, 0.3) is 10.8 Å². The molecule has 2 heterocycles. The summed E-state index contributed by atoms with van der Waals surface area (Å²) in [4.78, 5) is 1.24. The highest BCUT2D eigenvalue weighted by Gasteiger charge is 2.34. The van der Waals surface area contributed by atoms with Crippen LogP contribution in [-0.4, -0.2) is 18.1 Å². The van der Waals surface area contributed by atoms with Gasteiger partial charge in [0, 0.05) is 12.0 Å². The summed E-state index contributed by atoms with van der Waals surface area (Å²) < 4.78 is 11.9. The van der Waals surface area contributed by atoms with Gasteiger partial charge in [-0.1, -0.05) is 42.1 Å². The molecule has 2 nitrogen and oxygen atoms in total. The summed E-state index contributed by atoms with van der Waals surface area (Å²) in [5.74, 6) is 1.04. The third kappa shape index (κ3) is 1.62. The number of thioether (sulfide) groups is 1. The van der Waals surface area contributed by atoms with Crippen LogP contribution in [0.3, 0.4) is 0 Å². The monoisotopic (exact) mass is 258 g/mol. The highest BCUT2D eigenvalue weighted by atomic mass is 32.2. The lowest BCUT2D eigenvalue weighted by Crippen LogP contribution is -2.25. The predicted octanol–water partition coefficient (Wildman–Crippen LogP) is 3.83. The molecule has 2 aliphatic rings. The van der Waals surface area contributed by atoms with E-state index >= 15 is 0 Å². The average molecular weight is 258 g/mol. The minimum Gasteiger partial charge on any atom is -0.475 e. The van der Waals surface area contributed by atoms with E-state index in [4.69, 9.17) is 9.47 Å². The molecule has 4 rings (SSSR count). The van der Waals surface area contributed by atoms with Crippen LogP contribution in [0.2, 0.25) is 0 Å². The summed E-state index contributed by atoms with van der Waals surface area (Å²) in [6.07, 6.45) is 2.52. The fraction of sp³-hybridized carbons (Fsp3) is 0.333. The Morgan fingerprint density at radius 1 is 1.11 bits per heavy atom. The van der Waals surface area contributed by atoms with Gasteiger partial charge in [0.25, 0.3) is 0 Å². The average Bonchev–Trinajstić information content (AvgIpc) is 3.07. The highest BCUT2D eigenvalue weighted by molar-refractivity contribution is 8.00. The van der Waals surface area contributed by atoms with Gasteiger partial charge in [0.15, 0.2) is 5.44 Å². The summed E-state index contributed by atoms with van der Waals surface area (Å²) in [6.45, 7) is 0.877. The van der Waals surface area contributed by atoms with E-state index in [0.29, 0.717) is 0 Å². The zero-order valence-electron chi connectivity index (χ0n) is 9.96. The summed E-state index contributed by atoms with van der Waals surface area (Å²) in [5, 5.41) is 2.45. The van der Waals surface area contributed by atoms with Gasteiger partial charge in [-0.05, 0) is 24.3 Å². The molecule has 2 aliphatic heterocycles. The van der Waals surface area contributed by atoms with Gasteiger partial charge in [-0.15, -0.1) is 0 Å². The van der Waals surface area contributed by atoms with Crippen LogP contribution in [0.1, 0.15) is 12.8 Å². The summed E-state index contributed by atoms with van der Waals surface area (Å²) in [7, 11) is 0. The molecule has 0 N–H and O–H groups in total. The highest BCUT2D eigenvalue weighted by Crippen LogP contribution is 2.47. The van der Waals surface area contributed by atoms with E-state index in [1.54, 1.807) is 11.8 Å². The molecule has 0 aliphatic carbocycles. The van der Waals surface area contributed by atoms with Gasteiger partial charge in [-0.2, -0.15) is 0 Å². The molecule has 2 unspecified atom stereocenters. The molecule has 0 amide bonds. The smallest absolute Gasteiger partial charge is 0.175 e. The lowest BCUT2D eigenvalue weighted by molar-refractivity contribution is 0.0556. The Hall–Kier alpha value is -1.19. The fourth-order valence-corrected chi connectivity index (χ4v) is 3.84. The molecule has 0 aromatic heterocycles. The maximum atomic E-state index is 6.14. The first kappa shape index (κ1) is 10.7. The predicted molar refractivity (Wildman–Crippen MR) is 73.2 cm³/mol. The van der Waals surface area contributed by atoms with Crippen LogP contribution >= 0.6 is 11.8 Å². The molecule has 1 fully saturated rings. The molecule has 3 heteroatoms. The van der Waals surface area contributed by atoms with Crippen LogP contribution in [0.15, 0.2) is 41.3 Å². The number of hydrogen-bond donors (Lipinski definition) is 0. The van der Waals surface area contributed by atoms with Crippen LogP contribution in [0, 0.1) is 0 Å². The second-order valence-corrected chi connectivity index (χ2v) is 5.91. The quantitative estimate of drug-likeness (QED) is 0.774. The number of benzene rings is 2. The Kier molecular flexibility index (Phi) is 2.49. The van der Waals surface area contributed by atoms with E-state index in [9.17, 15) is 0 Å². The molecule has 2 aromatic rings. The second kappa shape index (κ2) is 4.18. The fourth-order valence-electron chi connectivity index (χ4n) is 2.67. The number of ether oxygens (including phenoxy) is 2. The third-order valence-corrected chi connectivity index (χ3v) is 4.80. The maximum absolute atomic E-state index is 6.14. The number of rotatable bonds is 1. The van der Waals surface area contributed by atoms with E-state index in [-0.39, 0.29) is 11.5 Å². The first-order chi connectivity index (χ1) is 8.92. The Bertz CT molecular complexity index is 590. The molecular formula is C15H14O2S. The van der Waals surface area contributed by atoms with Gasteiger partial charge < -0.3 is 9.47 Å². The Labute approximate surface area is 110 Å². The summed E-state index contributed by atoms with van der Waals surface area (Å²) >= 11 is 1.80. The standard InChI is InChI=1S/C15H14O2S/c1-2-5-11-10(4-1)7-8-13-14(11)17-15(18-13)12-6-3-9-16-12/h1-2,4-5,7-8,12,15H,3,6,9H2. The van der Waals surface area contributed by atoms with E-state index in [1.807, 2.05) is 0 Å².